The SMILES string of the molecule is CC1(C)C(=O)Nc2ccccc2N1C(=O)COC(=O)Cc1c[nH]c2ccccc12. The number of carbonyl (C=O) groups is 3. The lowest BCUT2D eigenvalue weighted by atomic mass is 9.96. The minimum atomic E-state index is -1.10. The topological polar surface area (TPSA) is 91.5 Å². The summed E-state index contributed by atoms with van der Waals surface area (Å²) in [4.78, 5) is 42.2. The van der Waals surface area contributed by atoms with Gasteiger partial charge in [0.2, 0.25) is 5.91 Å². The second-order valence-corrected chi connectivity index (χ2v) is 7.46. The third-order valence-corrected chi connectivity index (χ3v) is 5.12. The van der Waals surface area contributed by atoms with Gasteiger partial charge in [-0.1, -0.05) is 30.3 Å². The first-order chi connectivity index (χ1) is 13.9. The molecule has 1 aliphatic heterocycles. The molecule has 1 aromatic heterocycles. The van der Waals surface area contributed by atoms with E-state index in [1.54, 1.807) is 44.3 Å². The lowest BCUT2D eigenvalue weighted by molar-refractivity contribution is -0.147. The number of aromatic nitrogens is 1. The van der Waals surface area contributed by atoms with Crippen molar-refractivity contribution in [2.24, 2.45) is 0 Å². The largest absolute Gasteiger partial charge is 0.455 e. The van der Waals surface area contributed by atoms with E-state index in [0.717, 1.165) is 16.5 Å². The number of nitrogens with one attached hydrogen (secondary N) is 2. The number of nitrogens with zero attached hydrogens (tertiary/aromatic N) is 1. The summed E-state index contributed by atoms with van der Waals surface area (Å²) in [5.74, 6) is -1.25. The van der Waals surface area contributed by atoms with Gasteiger partial charge in [-0.05, 0) is 37.6 Å². The molecule has 0 unspecified atom stereocenters. The summed E-state index contributed by atoms with van der Waals surface area (Å²) < 4.78 is 5.25. The first-order valence-electron chi connectivity index (χ1n) is 9.32. The van der Waals surface area contributed by atoms with Gasteiger partial charge in [0.05, 0.1) is 17.8 Å². The van der Waals surface area contributed by atoms with Crippen LogP contribution in [0.15, 0.2) is 54.7 Å². The average Bonchev–Trinajstić information content (AvgIpc) is 3.10. The van der Waals surface area contributed by atoms with Crippen LogP contribution in [0.3, 0.4) is 0 Å². The van der Waals surface area contributed by atoms with E-state index in [-0.39, 0.29) is 12.3 Å². The molecule has 0 saturated carbocycles. The van der Waals surface area contributed by atoms with Crippen LogP contribution in [0, 0.1) is 0 Å². The van der Waals surface area contributed by atoms with E-state index >= 15 is 0 Å². The van der Waals surface area contributed by atoms with Gasteiger partial charge in [0.25, 0.3) is 5.91 Å². The number of H-pyrrole nitrogens is 1. The van der Waals surface area contributed by atoms with E-state index in [2.05, 4.69) is 10.3 Å². The minimum absolute atomic E-state index is 0.0533. The first kappa shape index (κ1) is 18.7. The second-order valence-electron chi connectivity index (χ2n) is 7.46. The fourth-order valence-corrected chi connectivity index (χ4v) is 3.59. The van der Waals surface area contributed by atoms with Crippen molar-refractivity contribution in [1.29, 1.82) is 0 Å². The van der Waals surface area contributed by atoms with E-state index in [4.69, 9.17) is 4.74 Å². The van der Waals surface area contributed by atoms with Gasteiger partial charge >= 0.3 is 5.97 Å². The van der Waals surface area contributed by atoms with Gasteiger partial charge in [0.15, 0.2) is 6.61 Å². The maximum atomic E-state index is 12.9. The van der Waals surface area contributed by atoms with Crippen LogP contribution in [0.25, 0.3) is 10.9 Å². The molecule has 0 radical (unpaired) electrons. The van der Waals surface area contributed by atoms with E-state index in [1.165, 1.54) is 4.90 Å². The Kier molecular flexibility index (Phi) is 4.58. The van der Waals surface area contributed by atoms with Crippen molar-refractivity contribution in [2.75, 3.05) is 16.8 Å². The molecular weight excluding hydrogens is 370 g/mol. The summed E-state index contributed by atoms with van der Waals surface area (Å²) >= 11 is 0. The Hall–Kier alpha value is -3.61. The number of anilines is 2. The van der Waals surface area contributed by atoms with Gasteiger partial charge in [-0.25, -0.2) is 0 Å². The number of hydrogen-bond acceptors (Lipinski definition) is 4. The Bertz CT molecular complexity index is 1120. The zero-order valence-electron chi connectivity index (χ0n) is 16.2. The Morgan fingerprint density at radius 1 is 1.07 bits per heavy atom. The highest BCUT2D eigenvalue weighted by molar-refractivity contribution is 6.14. The van der Waals surface area contributed by atoms with Crippen LogP contribution in [0.1, 0.15) is 19.4 Å². The normalized spacial score (nSPS) is 15.0. The molecule has 1 aliphatic rings. The van der Waals surface area contributed by atoms with Gasteiger partial charge in [-0.3, -0.25) is 19.3 Å². The molecule has 2 aromatic carbocycles. The summed E-state index contributed by atoms with van der Waals surface area (Å²) in [5.41, 5.74) is 1.77. The molecule has 7 heteroatoms. The van der Waals surface area contributed by atoms with Gasteiger partial charge in [0.1, 0.15) is 5.54 Å². The quantitative estimate of drug-likeness (QED) is 0.669. The van der Waals surface area contributed by atoms with Crippen molar-refractivity contribution < 1.29 is 19.1 Å². The fraction of sp³-hybridized carbons (Fsp3) is 0.227. The number of esters is 1. The standard InChI is InChI=1S/C22H21N3O4/c1-22(2)21(28)24-17-9-5-6-10-18(17)25(22)19(26)13-29-20(27)11-14-12-23-16-8-4-3-7-15(14)16/h3-10,12,23H,11,13H2,1-2H3,(H,24,28). The number of benzene rings is 2. The number of para-hydroxylation sites is 3. The summed E-state index contributed by atoms with van der Waals surface area (Å²) in [6, 6.07) is 14.7. The van der Waals surface area contributed by atoms with Crippen LogP contribution < -0.4 is 10.2 Å². The monoisotopic (exact) mass is 391 g/mol. The highest BCUT2D eigenvalue weighted by atomic mass is 16.5. The molecule has 0 fully saturated rings. The Balaban J connectivity index is 1.47. The Morgan fingerprint density at radius 3 is 2.62 bits per heavy atom. The predicted molar refractivity (Wildman–Crippen MR) is 110 cm³/mol. The molecule has 7 nitrogen and oxygen atoms in total. The number of hydrogen-bond donors (Lipinski definition) is 2. The first-order valence-corrected chi connectivity index (χ1v) is 9.32. The highest BCUT2D eigenvalue weighted by Gasteiger charge is 2.43. The number of carbonyl (C=O) groups excluding carboxylic acids is 3. The number of aromatic amines is 1. The predicted octanol–water partition coefficient (Wildman–Crippen LogP) is 3.02. The zero-order valence-corrected chi connectivity index (χ0v) is 16.2. The summed E-state index contributed by atoms with van der Waals surface area (Å²) in [5, 5.41) is 3.75. The van der Waals surface area contributed by atoms with Crippen LogP contribution in [-0.4, -0.2) is 34.9 Å². The van der Waals surface area contributed by atoms with Gasteiger partial charge in [-0.2, -0.15) is 0 Å². The zero-order chi connectivity index (χ0) is 20.6. The molecule has 2 heterocycles. The van der Waals surface area contributed by atoms with Crippen molar-refractivity contribution in [3.05, 3.63) is 60.3 Å². The molecule has 0 bridgehead atoms. The van der Waals surface area contributed by atoms with Gasteiger partial charge < -0.3 is 15.0 Å². The lowest BCUT2D eigenvalue weighted by Crippen LogP contribution is -2.59. The number of rotatable bonds is 4. The summed E-state index contributed by atoms with van der Waals surface area (Å²) in [6.45, 7) is 2.88. The van der Waals surface area contributed by atoms with Crippen LogP contribution in [0.5, 0.6) is 0 Å². The van der Waals surface area contributed by atoms with Crippen LogP contribution in [-0.2, 0) is 25.5 Å². The van der Waals surface area contributed by atoms with Crippen molar-refractivity contribution in [2.45, 2.75) is 25.8 Å². The number of ether oxygens (including phenoxy) is 1. The minimum Gasteiger partial charge on any atom is -0.455 e. The molecule has 148 valence electrons. The van der Waals surface area contributed by atoms with Crippen molar-refractivity contribution in [3.8, 4) is 0 Å². The highest BCUT2D eigenvalue weighted by Crippen LogP contribution is 2.36. The molecule has 0 spiro atoms. The third kappa shape index (κ3) is 3.35. The maximum absolute atomic E-state index is 12.9. The molecule has 0 atom stereocenters. The van der Waals surface area contributed by atoms with Crippen molar-refractivity contribution in [3.63, 3.8) is 0 Å². The maximum Gasteiger partial charge on any atom is 0.310 e. The number of amides is 2. The van der Waals surface area contributed by atoms with E-state index in [0.29, 0.717) is 11.4 Å². The van der Waals surface area contributed by atoms with E-state index in [1.807, 2.05) is 24.3 Å². The van der Waals surface area contributed by atoms with Crippen molar-refractivity contribution in [1.82, 2.24) is 4.98 Å². The van der Waals surface area contributed by atoms with Gasteiger partial charge in [0, 0.05) is 17.1 Å². The van der Waals surface area contributed by atoms with E-state index < -0.39 is 24.0 Å². The van der Waals surface area contributed by atoms with Gasteiger partial charge in [-0.15, -0.1) is 0 Å². The molecule has 0 aliphatic carbocycles. The molecule has 4 rings (SSSR count). The Labute approximate surface area is 167 Å². The Morgan fingerprint density at radius 2 is 1.79 bits per heavy atom. The van der Waals surface area contributed by atoms with E-state index in [9.17, 15) is 14.4 Å². The van der Waals surface area contributed by atoms with Crippen LogP contribution in [0.2, 0.25) is 0 Å². The molecule has 3 aromatic rings. The summed E-state index contributed by atoms with van der Waals surface area (Å²) in [6.07, 6.45) is 1.82. The smallest absolute Gasteiger partial charge is 0.310 e. The molecule has 29 heavy (non-hydrogen) atoms. The molecule has 2 N–H and O–H groups in total. The van der Waals surface area contributed by atoms with Crippen molar-refractivity contribution >= 4 is 40.1 Å². The fourth-order valence-electron chi connectivity index (χ4n) is 3.59. The van der Waals surface area contributed by atoms with Crippen LogP contribution in [0.4, 0.5) is 11.4 Å². The molecule has 0 saturated heterocycles. The molecular formula is C22H21N3O4. The van der Waals surface area contributed by atoms with Crippen LogP contribution >= 0.6 is 0 Å². The number of fused-ring (bicyclic) bond motifs is 2. The summed E-state index contributed by atoms with van der Waals surface area (Å²) in [7, 11) is 0. The lowest BCUT2D eigenvalue weighted by Gasteiger charge is -2.41. The average molecular weight is 391 g/mol. The second kappa shape index (κ2) is 7.09. The third-order valence-electron chi connectivity index (χ3n) is 5.12. The molecule has 2 amide bonds.